The summed E-state index contributed by atoms with van der Waals surface area (Å²) in [5, 5.41) is 11.3. The monoisotopic (exact) mass is 244 g/mol. The van der Waals surface area contributed by atoms with Crippen molar-refractivity contribution in [3.05, 3.63) is 0 Å². The number of nitrogens with two attached hydrogens (primary N) is 3. The smallest absolute Gasteiger partial charge is 0.355 e. The van der Waals surface area contributed by atoms with E-state index >= 15 is 0 Å². The first kappa shape index (κ1) is 17.3. The van der Waals surface area contributed by atoms with Crippen LogP contribution in [0, 0.1) is 0 Å². The SMILES string of the molecule is NCC(O)P(=O)(O)O.NCCNCCN. The van der Waals surface area contributed by atoms with Gasteiger partial charge in [-0.1, -0.05) is 0 Å². The number of hydrogen-bond acceptors (Lipinski definition) is 6. The molecule has 94 valence electrons. The summed E-state index contributed by atoms with van der Waals surface area (Å²) in [5.74, 6) is -1.71. The van der Waals surface area contributed by atoms with Crippen molar-refractivity contribution in [2.45, 2.75) is 5.85 Å². The van der Waals surface area contributed by atoms with E-state index < -0.39 is 20.0 Å². The fourth-order valence-electron chi connectivity index (χ4n) is 0.466. The summed E-state index contributed by atoms with van der Waals surface area (Å²) in [6.07, 6.45) is 0. The van der Waals surface area contributed by atoms with Crippen LogP contribution < -0.4 is 22.5 Å². The molecule has 1 atom stereocenters. The zero-order chi connectivity index (χ0) is 12.3. The summed E-state index contributed by atoms with van der Waals surface area (Å²) >= 11 is 0. The van der Waals surface area contributed by atoms with Crippen LogP contribution in [0.3, 0.4) is 0 Å². The highest BCUT2D eigenvalue weighted by molar-refractivity contribution is 7.52. The molecule has 0 rings (SSSR count). The predicted octanol–water partition coefficient (Wildman–Crippen LogP) is -3.07. The second kappa shape index (κ2) is 10.5. The lowest BCUT2D eigenvalue weighted by Gasteiger charge is -2.07. The fourth-order valence-corrected chi connectivity index (χ4v) is 0.741. The lowest BCUT2D eigenvalue weighted by atomic mass is 10.6. The van der Waals surface area contributed by atoms with Gasteiger partial charge >= 0.3 is 7.60 Å². The van der Waals surface area contributed by atoms with E-state index in [0.29, 0.717) is 13.1 Å². The Labute approximate surface area is 89.0 Å². The Hall–Kier alpha value is -0.0500. The number of rotatable bonds is 6. The molecule has 0 radical (unpaired) electrons. The van der Waals surface area contributed by atoms with Gasteiger partial charge in [-0.2, -0.15) is 0 Å². The topological polar surface area (TPSA) is 168 Å². The van der Waals surface area contributed by atoms with Crippen molar-refractivity contribution in [1.82, 2.24) is 5.32 Å². The highest BCUT2D eigenvalue weighted by atomic mass is 31.2. The molecule has 9 heteroatoms. The van der Waals surface area contributed by atoms with Crippen molar-refractivity contribution in [1.29, 1.82) is 0 Å². The molecule has 0 aliphatic carbocycles. The van der Waals surface area contributed by atoms with E-state index in [9.17, 15) is 4.57 Å². The molecule has 0 heterocycles. The molecule has 0 aliphatic rings. The highest BCUT2D eigenvalue weighted by Crippen LogP contribution is 2.38. The molecule has 0 fully saturated rings. The van der Waals surface area contributed by atoms with Crippen LogP contribution >= 0.6 is 7.60 Å². The molecule has 15 heavy (non-hydrogen) atoms. The number of nitrogens with one attached hydrogen (secondary N) is 1. The normalized spacial score (nSPS) is 12.9. The minimum Gasteiger partial charge on any atom is -0.379 e. The highest BCUT2D eigenvalue weighted by Gasteiger charge is 2.23. The Kier molecular flexibility index (Phi) is 12.1. The van der Waals surface area contributed by atoms with Crippen molar-refractivity contribution in [3.63, 3.8) is 0 Å². The zero-order valence-corrected chi connectivity index (χ0v) is 9.44. The van der Waals surface area contributed by atoms with Crippen LogP contribution in [0.15, 0.2) is 0 Å². The van der Waals surface area contributed by atoms with Gasteiger partial charge in [-0.15, -0.1) is 0 Å². The maximum absolute atomic E-state index is 9.93. The minimum absolute atomic E-state index is 0.412. The van der Waals surface area contributed by atoms with E-state index in [-0.39, 0.29) is 0 Å². The van der Waals surface area contributed by atoms with Crippen LogP contribution in [-0.2, 0) is 4.57 Å². The molecule has 0 aromatic rings. The molecule has 0 aromatic heterocycles. The molecule has 0 saturated heterocycles. The lowest BCUT2D eigenvalue weighted by molar-refractivity contribution is 0.208. The Morgan fingerprint density at radius 3 is 1.67 bits per heavy atom. The van der Waals surface area contributed by atoms with Crippen LogP contribution in [0.2, 0.25) is 0 Å². The molecule has 0 bridgehead atoms. The van der Waals surface area contributed by atoms with Gasteiger partial charge in [0.1, 0.15) is 0 Å². The quantitative estimate of drug-likeness (QED) is 0.191. The summed E-state index contributed by atoms with van der Waals surface area (Å²) in [6, 6.07) is 0. The van der Waals surface area contributed by atoms with Crippen LogP contribution in [-0.4, -0.2) is 53.5 Å². The van der Waals surface area contributed by atoms with Gasteiger partial charge in [0.25, 0.3) is 0 Å². The maximum atomic E-state index is 9.93. The van der Waals surface area contributed by atoms with Crippen LogP contribution in [0.4, 0.5) is 0 Å². The second-order valence-electron chi connectivity index (χ2n) is 2.63. The fraction of sp³-hybridized carbons (Fsp3) is 1.00. The lowest BCUT2D eigenvalue weighted by Crippen LogP contribution is -2.27. The summed E-state index contributed by atoms with van der Waals surface area (Å²) in [7, 11) is -4.33. The Balaban J connectivity index is 0. The molecule has 10 N–H and O–H groups in total. The molecule has 0 spiro atoms. The van der Waals surface area contributed by atoms with E-state index in [2.05, 4.69) is 5.32 Å². The van der Waals surface area contributed by atoms with Crippen molar-refractivity contribution in [3.8, 4) is 0 Å². The van der Waals surface area contributed by atoms with Gasteiger partial charge in [0.15, 0.2) is 5.85 Å². The first-order valence-electron chi connectivity index (χ1n) is 4.44. The van der Waals surface area contributed by atoms with Gasteiger partial charge in [0.05, 0.1) is 0 Å². The average Bonchev–Trinajstić information content (AvgIpc) is 2.17. The van der Waals surface area contributed by atoms with Gasteiger partial charge in [-0.05, 0) is 0 Å². The van der Waals surface area contributed by atoms with E-state index in [1.54, 1.807) is 0 Å². The number of aliphatic hydroxyl groups excluding tert-OH is 1. The third-order valence-electron chi connectivity index (χ3n) is 1.24. The van der Waals surface area contributed by atoms with Gasteiger partial charge in [0.2, 0.25) is 0 Å². The second-order valence-corrected chi connectivity index (χ2v) is 4.41. The van der Waals surface area contributed by atoms with Gasteiger partial charge < -0.3 is 37.4 Å². The van der Waals surface area contributed by atoms with Crippen molar-refractivity contribution >= 4 is 7.60 Å². The Morgan fingerprint density at radius 2 is 1.53 bits per heavy atom. The molecule has 8 nitrogen and oxygen atoms in total. The van der Waals surface area contributed by atoms with E-state index in [4.69, 9.17) is 32.1 Å². The maximum Gasteiger partial charge on any atom is 0.355 e. The summed E-state index contributed by atoms with van der Waals surface area (Å²) < 4.78 is 9.93. The predicted molar refractivity (Wildman–Crippen MR) is 58.1 cm³/mol. The van der Waals surface area contributed by atoms with E-state index in [1.807, 2.05) is 0 Å². The molecular weight excluding hydrogens is 223 g/mol. The molecule has 0 amide bonds. The van der Waals surface area contributed by atoms with Crippen molar-refractivity contribution in [2.24, 2.45) is 17.2 Å². The minimum atomic E-state index is -4.33. The van der Waals surface area contributed by atoms with Gasteiger partial charge in [-0.3, -0.25) is 4.57 Å². The standard InChI is InChI=1S/C4H13N3.C2H8NO4P/c5-1-3-7-4-2-6;3-1-2(4)8(5,6)7/h7H,1-6H2;2,4H,1,3H2,(H2,5,6,7). The third-order valence-corrected chi connectivity index (χ3v) is 2.23. The molecule has 0 aromatic carbocycles. The summed E-state index contributed by atoms with van der Waals surface area (Å²) in [5.41, 5.74) is 15.0. The van der Waals surface area contributed by atoms with Gasteiger partial charge in [0, 0.05) is 32.7 Å². The third kappa shape index (κ3) is 14.0. The molecule has 0 saturated carbocycles. The number of aliphatic hydroxyl groups is 1. The van der Waals surface area contributed by atoms with Gasteiger partial charge in [-0.25, -0.2) is 0 Å². The molecule has 0 aliphatic heterocycles. The Morgan fingerprint density at radius 1 is 1.13 bits per heavy atom. The summed E-state index contributed by atoms with van der Waals surface area (Å²) in [6.45, 7) is 2.72. The first-order chi connectivity index (χ1) is 6.90. The van der Waals surface area contributed by atoms with Crippen LogP contribution in [0.1, 0.15) is 0 Å². The zero-order valence-electron chi connectivity index (χ0n) is 8.54. The van der Waals surface area contributed by atoms with E-state index in [0.717, 1.165) is 13.1 Å². The first-order valence-corrected chi connectivity index (χ1v) is 6.12. The Bertz CT molecular complexity index is 173. The number of hydrogen-bond donors (Lipinski definition) is 7. The van der Waals surface area contributed by atoms with E-state index in [1.165, 1.54) is 0 Å². The molecular formula is C6H21N4O4P. The van der Waals surface area contributed by atoms with Crippen molar-refractivity contribution in [2.75, 3.05) is 32.7 Å². The summed E-state index contributed by atoms with van der Waals surface area (Å²) in [4.78, 5) is 16.1. The largest absolute Gasteiger partial charge is 0.379 e. The van der Waals surface area contributed by atoms with Crippen molar-refractivity contribution < 1.29 is 19.5 Å². The average molecular weight is 244 g/mol. The van der Waals surface area contributed by atoms with Crippen LogP contribution in [0.25, 0.3) is 0 Å². The van der Waals surface area contributed by atoms with Crippen LogP contribution in [0.5, 0.6) is 0 Å². The molecule has 1 unspecified atom stereocenters.